The number of nitrogens with two attached hydrogens (primary N) is 1. The Labute approximate surface area is 116 Å². The summed E-state index contributed by atoms with van der Waals surface area (Å²) >= 11 is 0. The van der Waals surface area contributed by atoms with Crippen LogP contribution in [-0.2, 0) is 0 Å². The van der Waals surface area contributed by atoms with Gasteiger partial charge in [0.2, 0.25) is 0 Å². The Bertz CT molecular complexity index is 821. The summed E-state index contributed by atoms with van der Waals surface area (Å²) in [6.07, 6.45) is 1.74. The fourth-order valence-corrected chi connectivity index (χ4v) is 1.95. The number of anilines is 1. The maximum absolute atomic E-state index is 8.84. The first-order valence-corrected chi connectivity index (χ1v) is 6.08. The average molecular weight is 261 g/mol. The summed E-state index contributed by atoms with van der Waals surface area (Å²) in [5.41, 5.74) is 7.48. The van der Waals surface area contributed by atoms with Crippen molar-refractivity contribution in [3.63, 3.8) is 0 Å². The molecule has 0 saturated carbocycles. The minimum Gasteiger partial charge on any atom is -0.457 e. The van der Waals surface area contributed by atoms with Crippen molar-refractivity contribution in [3.05, 3.63) is 60.3 Å². The van der Waals surface area contributed by atoms with Crippen LogP contribution in [0.5, 0.6) is 11.5 Å². The number of ether oxygens (including phenoxy) is 1. The lowest BCUT2D eigenvalue weighted by Gasteiger charge is -2.07. The van der Waals surface area contributed by atoms with Gasteiger partial charge in [-0.2, -0.15) is 5.26 Å². The number of hydrogen-bond donors (Lipinski definition) is 1. The molecular weight excluding hydrogens is 250 g/mol. The molecule has 4 heteroatoms. The van der Waals surface area contributed by atoms with Gasteiger partial charge >= 0.3 is 0 Å². The van der Waals surface area contributed by atoms with Crippen molar-refractivity contribution < 1.29 is 4.74 Å². The summed E-state index contributed by atoms with van der Waals surface area (Å²) in [4.78, 5) is 4.28. The maximum Gasteiger partial charge on any atom is 0.129 e. The van der Waals surface area contributed by atoms with Gasteiger partial charge in [0.25, 0.3) is 0 Å². The minimum atomic E-state index is 0.406. The number of rotatable bonds is 2. The maximum atomic E-state index is 8.84. The second-order valence-corrected chi connectivity index (χ2v) is 4.32. The number of nitriles is 1. The third-order valence-electron chi connectivity index (χ3n) is 2.96. The van der Waals surface area contributed by atoms with Crippen molar-refractivity contribution in [2.75, 3.05) is 5.73 Å². The van der Waals surface area contributed by atoms with Crippen LogP contribution in [0.3, 0.4) is 0 Å². The molecule has 0 fully saturated rings. The van der Waals surface area contributed by atoms with Crippen LogP contribution in [-0.4, -0.2) is 4.98 Å². The average Bonchev–Trinajstić information content (AvgIpc) is 2.47. The standard InChI is InChI=1S/C16H11N3O/c17-10-12-4-6-13(8-15(12)18)20-14-5-3-11-2-1-7-19-16(11)9-14/h1-9H,18H2. The topological polar surface area (TPSA) is 71.9 Å². The first-order valence-electron chi connectivity index (χ1n) is 6.08. The third kappa shape index (κ3) is 2.25. The van der Waals surface area contributed by atoms with Gasteiger partial charge < -0.3 is 10.5 Å². The van der Waals surface area contributed by atoms with E-state index in [1.165, 1.54) is 0 Å². The van der Waals surface area contributed by atoms with E-state index in [0.717, 1.165) is 10.9 Å². The largest absolute Gasteiger partial charge is 0.457 e. The summed E-state index contributed by atoms with van der Waals surface area (Å²) in [5.74, 6) is 1.28. The molecular formula is C16H11N3O. The normalized spacial score (nSPS) is 10.2. The van der Waals surface area contributed by atoms with Gasteiger partial charge in [0, 0.05) is 23.7 Å². The van der Waals surface area contributed by atoms with E-state index in [1.54, 1.807) is 24.4 Å². The van der Waals surface area contributed by atoms with Crippen LogP contribution in [0.1, 0.15) is 5.56 Å². The predicted molar refractivity (Wildman–Crippen MR) is 77.4 cm³/mol. The van der Waals surface area contributed by atoms with E-state index >= 15 is 0 Å². The smallest absolute Gasteiger partial charge is 0.129 e. The Morgan fingerprint density at radius 1 is 1.05 bits per heavy atom. The summed E-state index contributed by atoms with van der Waals surface area (Å²) < 4.78 is 5.74. The van der Waals surface area contributed by atoms with Crippen LogP contribution in [0.2, 0.25) is 0 Å². The zero-order chi connectivity index (χ0) is 13.9. The highest BCUT2D eigenvalue weighted by molar-refractivity contribution is 5.79. The lowest BCUT2D eigenvalue weighted by Crippen LogP contribution is -1.92. The molecule has 0 atom stereocenters. The lowest BCUT2D eigenvalue weighted by molar-refractivity contribution is 0.483. The highest BCUT2D eigenvalue weighted by atomic mass is 16.5. The molecule has 96 valence electrons. The summed E-state index contributed by atoms with van der Waals surface area (Å²) in [5, 5.41) is 9.89. The number of pyridine rings is 1. The van der Waals surface area contributed by atoms with E-state index in [9.17, 15) is 0 Å². The molecule has 0 bridgehead atoms. The van der Waals surface area contributed by atoms with Gasteiger partial charge in [0.05, 0.1) is 16.8 Å². The van der Waals surface area contributed by atoms with E-state index in [4.69, 9.17) is 15.7 Å². The number of aromatic nitrogens is 1. The van der Waals surface area contributed by atoms with Gasteiger partial charge in [-0.15, -0.1) is 0 Å². The lowest BCUT2D eigenvalue weighted by atomic mass is 10.2. The van der Waals surface area contributed by atoms with Gasteiger partial charge in [-0.1, -0.05) is 6.07 Å². The van der Waals surface area contributed by atoms with Crippen molar-refractivity contribution in [2.45, 2.75) is 0 Å². The van der Waals surface area contributed by atoms with Crippen LogP contribution in [0.4, 0.5) is 5.69 Å². The molecule has 4 nitrogen and oxygen atoms in total. The number of hydrogen-bond acceptors (Lipinski definition) is 4. The molecule has 0 spiro atoms. The van der Waals surface area contributed by atoms with Gasteiger partial charge in [-0.25, -0.2) is 0 Å². The SMILES string of the molecule is N#Cc1ccc(Oc2ccc3cccnc3c2)cc1N. The Hall–Kier alpha value is -3.06. The van der Waals surface area contributed by atoms with Crippen molar-refractivity contribution in [1.82, 2.24) is 4.98 Å². The summed E-state index contributed by atoms with van der Waals surface area (Å²) in [6, 6.07) is 16.6. The molecule has 3 rings (SSSR count). The van der Waals surface area contributed by atoms with Crippen LogP contribution >= 0.6 is 0 Å². The van der Waals surface area contributed by atoms with E-state index < -0.39 is 0 Å². The highest BCUT2D eigenvalue weighted by Gasteiger charge is 2.03. The Morgan fingerprint density at radius 2 is 1.85 bits per heavy atom. The number of benzene rings is 2. The predicted octanol–water partition coefficient (Wildman–Crippen LogP) is 3.48. The number of fused-ring (bicyclic) bond motifs is 1. The Morgan fingerprint density at radius 3 is 2.65 bits per heavy atom. The van der Waals surface area contributed by atoms with Crippen LogP contribution in [0.25, 0.3) is 10.9 Å². The number of nitrogens with zero attached hydrogens (tertiary/aromatic N) is 2. The second kappa shape index (κ2) is 4.90. The molecule has 0 amide bonds. The molecule has 20 heavy (non-hydrogen) atoms. The molecule has 0 saturated heterocycles. The Kier molecular flexibility index (Phi) is 2.94. The highest BCUT2D eigenvalue weighted by Crippen LogP contribution is 2.27. The molecule has 0 aliphatic carbocycles. The van der Waals surface area contributed by atoms with Crippen molar-refractivity contribution in [2.24, 2.45) is 0 Å². The zero-order valence-electron chi connectivity index (χ0n) is 10.6. The molecule has 3 aromatic rings. The summed E-state index contributed by atoms with van der Waals surface area (Å²) in [6.45, 7) is 0. The first-order chi connectivity index (χ1) is 9.76. The molecule has 1 heterocycles. The molecule has 1 aromatic heterocycles. The second-order valence-electron chi connectivity index (χ2n) is 4.32. The molecule has 0 aliphatic rings. The fourth-order valence-electron chi connectivity index (χ4n) is 1.95. The molecule has 0 radical (unpaired) electrons. The quantitative estimate of drug-likeness (QED) is 0.717. The van der Waals surface area contributed by atoms with Crippen LogP contribution in [0, 0.1) is 11.3 Å². The van der Waals surface area contributed by atoms with Crippen molar-refractivity contribution in [1.29, 1.82) is 5.26 Å². The van der Waals surface area contributed by atoms with Gasteiger partial charge in [-0.05, 0) is 30.3 Å². The molecule has 2 N–H and O–H groups in total. The van der Waals surface area contributed by atoms with Crippen LogP contribution in [0.15, 0.2) is 54.7 Å². The molecule has 0 unspecified atom stereocenters. The zero-order valence-corrected chi connectivity index (χ0v) is 10.6. The first kappa shape index (κ1) is 12.0. The monoisotopic (exact) mass is 261 g/mol. The van der Waals surface area contributed by atoms with Gasteiger partial charge in [-0.3, -0.25) is 4.98 Å². The Balaban J connectivity index is 1.93. The van der Waals surface area contributed by atoms with Gasteiger partial charge in [0.15, 0.2) is 0 Å². The fraction of sp³-hybridized carbons (Fsp3) is 0. The minimum absolute atomic E-state index is 0.406. The van der Waals surface area contributed by atoms with E-state index in [-0.39, 0.29) is 0 Å². The third-order valence-corrected chi connectivity index (χ3v) is 2.96. The van der Waals surface area contributed by atoms with Crippen LogP contribution < -0.4 is 10.5 Å². The van der Waals surface area contributed by atoms with Gasteiger partial charge in [0.1, 0.15) is 17.6 Å². The van der Waals surface area contributed by atoms with E-state index in [1.807, 2.05) is 36.4 Å². The van der Waals surface area contributed by atoms with Crippen molar-refractivity contribution in [3.8, 4) is 17.6 Å². The molecule has 0 aliphatic heterocycles. The van der Waals surface area contributed by atoms with E-state index in [2.05, 4.69) is 4.98 Å². The number of nitrogen functional groups attached to an aromatic ring is 1. The van der Waals surface area contributed by atoms with E-state index in [0.29, 0.717) is 22.7 Å². The molecule has 2 aromatic carbocycles. The summed E-state index contributed by atoms with van der Waals surface area (Å²) in [7, 11) is 0. The van der Waals surface area contributed by atoms with Crippen molar-refractivity contribution >= 4 is 16.6 Å².